The minimum Gasteiger partial charge on any atom is -0.496 e. The van der Waals surface area contributed by atoms with E-state index in [1.54, 1.807) is 25.3 Å². The molecule has 2 fully saturated rings. The van der Waals surface area contributed by atoms with Crippen LogP contribution in [0.25, 0.3) is 0 Å². The minimum atomic E-state index is 0.0444. The minimum absolute atomic E-state index is 0.0444. The summed E-state index contributed by atoms with van der Waals surface area (Å²) >= 11 is 6.04. The van der Waals surface area contributed by atoms with Gasteiger partial charge in [0.05, 0.1) is 13.5 Å². The molecule has 3 N–H and O–H groups in total. The van der Waals surface area contributed by atoms with Crippen LogP contribution in [0.5, 0.6) is 5.75 Å². The third-order valence-corrected chi connectivity index (χ3v) is 5.53. The van der Waals surface area contributed by atoms with E-state index >= 15 is 0 Å². The van der Waals surface area contributed by atoms with Crippen LogP contribution < -0.4 is 15.8 Å². The molecule has 0 spiro atoms. The normalized spacial score (nSPS) is 29.9. The van der Waals surface area contributed by atoms with Crippen molar-refractivity contribution in [3.8, 4) is 5.75 Å². The van der Waals surface area contributed by atoms with Crippen molar-refractivity contribution in [2.75, 3.05) is 7.11 Å². The maximum absolute atomic E-state index is 12.5. The Kier molecular flexibility index (Phi) is 5.12. The predicted octanol–water partition coefficient (Wildman–Crippen LogP) is 2.91. The lowest BCUT2D eigenvalue weighted by Crippen LogP contribution is -2.54. The number of hydrogen-bond donors (Lipinski definition) is 2. The van der Waals surface area contributed by atoms with Crippen molar-refractivity contribution in [1.29, 1.82) is 0 Å². The summed E-state index contributed by atoms with van der Waals surface area (Å²) in [5, 5.41) is 3.89. The van der Waals surface area contributed by atoms with Crippen LogP contribution in [0.15, 0.2) is 18.2 Å². The van der Waals surface area contributed by atoms with Gasteiger partial charge in [-0.15, -0.1) is 0 Å². The van der Waals surface area contributed by atoms with E-state index < -0.39 is 0 Å². The molecule has 23 heavy (non-hydrogen) atoms. The first-order chi connectivity index (χ1) is 11.1. The molecule has 1 aromatic carbocycles. The number of halogens is 1. The standard InChI is InChI=1S/C18H25ClN2O2/c1-23-16-6-5-14(19)7-13(16)10-17(22)21-18-11-3-2-4-12(18)9-15(20)8-11/h5-7,11-12,15,18H,2-4,8-10,20H2,1H3,(H,21,22). The Bertz CT molecular complexity index is 564. The highest BCUT2D eigenvalue weighted by molar-refractivity contribution is 6.30. The van der Waals surface area contributed by atoms with Crippen LogP contribution in [0, 0.1) is 11.8 Å². The second-order valence-corrected chi connectivity index (χ2v) is 7.35. The van der Waals surface area contributed by atoms with Gasteiger partial charge in [-0.05, 0) is 55.7 Å². The highest BCUT2D eigenvalue weighted by atomic mass is 35.5. The van der Waals surface area contributed by atoms with Gasteiger partial charge in [-0.2, -0.15) is 0 Å². The Balaban J connectivity index is 1.67. The van der Waals surface area contributed by atoms with Crippen molar-refractivity contribution in [1.82, 2.24) is 5.32 Å². The van der Waals surface area contributed by atoms with Gasteiger partial charge < -0.3 is 15.8 Å². The van der Waals surface area contributed by atoms with Crippen molar-refractivity contribution < 1.29 is 9.53 Å². The number of carbonyl (C=O) groups excluding carboxylic acids is 1. The van der Waals surface area contributed by atoms with E-state index in [-0.39, 0.29) is 11.9 Å². The van der Waals surface area contributed by atoms with E-state index in [9.17, 15) is 4.79 Å². The van der Waals surface area contributed by atoms with E-state index in [0.29, 0.717) is 35.1 Å². The molecule has 1 amide bonds. The Morgan fingerprint density at radius 3 is 2.70 bits per heavy atom. The molecule has 2 aliphatic carbocycles. The predicted molar refractivity (Wildman–Crippen MR) is 91.7 cm³/mol. The van der Waals surface area contributed by atoms with Crippen LogP contribution in [-0.4, -0.2) is 25.1 Å². The SMILES string of the molecule is COc1ccc(Cl)cc1CC(=O)NC1C2CCCC1CC(N)C2. The summed E-state index contributed by atoms with van der Waals surface area (Å²) in [5.41, 5.74) is 6.98. The average molecular weight is 337 g/mol. The Labute approximate surface area is 142 Å². The third kappa shape index (κ3) is 3.81. The van der Waals surface area contributed by atoms with Crippen molar-refractivity contribution >= 4 is 17.5 Å². The molecule has 2 bridgehead atoms. The van der Waals surface area contributed by atoms with Gasteiger partial charge in [0.2, 0.25) is 5.91 Å². The van der Waals surface area contributed by atoms with E-state index in [1.165, 1.54) is 19.3 Å². The van der Waals surface area contributed by atoms with Crippen molar-refractivity contribution in [2.24, 2.45) is 17.6 Å². The monoisotopic (exact) mass is 336 g/mol. The molecule has 5 heteroatoms. The zero-order valence-corrected chi connectivity index (χ0v) is 14.3. The third-order valence-electron chi connectivity index (χ3n) is 5.30. The zero-order chi connectivity index (χ0) is 16.4. The number of benzene rings is 1. The summed E-state index contributed by atoms with van der Waals surface area (Å²) < 4.78 is 5.32. The van der Waals surface area contributed by atoms with Gasteiger partial charge >= 0.3 is 0 Å². The van der Waals surface area contributed by atoms with E-state index in [1.807, 2.05) is 0 Å². The van der Waals surface area contributed by atoms with Gasteiger partial charge in [0, 0.05) is 22.7 Å². The Morgan fingerprint density at radius 2 is 2.04 bits per heavy atom. The van der Waals surface area contributed by atoms with Crippen LogP contribution >= 0.6 is 11.6 Å². The molecule has 2 atom stereocenters. The average Bonchev–Trinajstić information content (AvgIpc) is 2.48. The molecule has 1 aromatic rings. The molecule has 0 radical (unpaired) electrons. The molecule has 2 unspecified atom stereocenters. The van der Waals surface area contributed by atoms with Gasteiger partial charge in [0.1, 0.15) is 5.75 Å². The van der Waals surface area contributed by atoms with E-state index in [2.05, 4.69) is 5.32 Å². The molecule has 2 aliphatic rings. The van der Waals surface area contributed by atoms with Crippen LogP contribution in [0.3, 0.4) is 0 Å². The first-order valence-electron chi connectivity index (χ1n) is 8.44. The number of hydrogen-bond acceptors (Lipinski definition) is 3. The molecule has 0 aliphatic heterocycles. The number of methoxy groups -OCH3 is 1. The summed E-state index contributed by atoms with van der Waals surface area (Å²) in [6, 6.07) is 5.96. The molecule has 0 saturated heterocycles. The summed E-state index contributed by atoms with van der Waals surface area (Å²) in [5.74, 6) is 1.81. The number of nitrogens with two attached hydrogens (primary N) is 1. The topological polar surface area (TPSA) is 64.3 Å². The van der Waals surface area contributed by atoms with Crippen molar-refractivity contribution in [2.45, 2.75) is 50.6 Å². The number of fused-ring (bicyclic) bond motifs is 2. The second kappa shape index (κ2) is 7.10. The largest absolute Gasteiger partial charge is 0.496 e. The molecule has 0 heterocycles. The molecule has 2 saturated carbocycles. The van der Waals surface area contributed by atoms with Crippen LogP contribution in [0.1, 0.15) is 37.7 Å². The van der Waals surface area contributed by atoms with Gasteiger partial charge in [0.15, 0.2) is 0 Å². The van der Waals surface area contributed by atoms with Gasteiger partial charge in [-0.25, -0.2) is 0 Å². The number of amides is 1. The van der Waals surface area contributed by atoms with Gasteiger partial charge in [-0.1, -0.05) is 18.0 Å². The number of ether oxygens (including phenoxy) is 1. The number of rotatable bonds is 4. The van der Waals surface area contributed by atoms with E-state index in [0.717, 1.165) is 18.4 Å². The highest BCUT2D eigenvalue weighted by Crippen LogP contribution is 2.39. The van der Waals surface area contributed by atoms with Crippen molar-refractivity contribution in [3.63, 3.8) is 0 Å². The Hall–Kier alpha value is -1.26. The molecule has 4 nitrogen and oxygen atoms in total. The molecular weight excluding hydrogens is 312 g/mol. The fraction of sp³-hybridized carbons (Fsp3) is 0.611. The second-order valence-electron chi connectivity index (χ2n) is 6.91. The van der Waals surface area contributed by atoms with Crippen LogP contribution in [0.4, 0.5) is 0 Å². The number of carbonyl (C=O) groups is 1. The summed E-state index contributed by atoms with van der Waals surface area (Å²) in [4.78, 5) is 12.5. The van der Waals surface area contributed by atoms with Crippen LogP contribution in [0.2, 0.25) is 5.02 Å². The summed E-state index contributed by atoms with van der Waals surface area (Å²) in [6.45, 7) is 0. The lowest BCUT2D eigenvalue weighted by molar-refractivity contribution is -0.122. The zero-order valence-electron chi connectivity index (χ0n) is 13.6. The molecule has 0 aromatic heterocycles. The van der Waals surface area contributed by atoms with Crippen molar-refractivity contribution in [3.05, 3.63) is 28.8 Å². The highest BCUT2D eigenvalue weighted by Gasteiger charge is 2.39. The molecule has 3 rings (SSSR count). The lowest BCUT2D eigenvalue weighted by atomic mass is 9.67. The van der Waals surface area contributed by atoms with Crippen LogP contribution in [-0.2, 0) is 11.2 Å². The molecular formula is C18H25ClN2O2. The first kappa shape index (κ1) is 16.6. The number of nitrogens with one attached hydrogen (secondary N) is 1. The van der Waals surface area contributed by atoms with Gasteiger partial charge in [0.25, 0.3) is 0 Å². The lowest BCUT2D eigenvalue weighted by Gasteiger charge is -2.45. The first-order valence-corrected chi connectivity index (χ1v) is 8.82. The fourth-order valence-corrected chi connectivity index (χ4v) is 4.51. The van der Waals surface area contributed by atoms with Gasteiger partial charge in [-0.3, -0.25) is 4.79 Å². The maximum Gasteiger partial charge on any atom is 0.224 e. The smallest absolute Gasteiger partial charge is 0.224 e. The summed E-state index contributed by atoms with van der Waals surface area (Å²) in [7, 11) is 1.61. The quantitative estimate of drug-likeness (QED) is 0.888. The fourth-order valence-electron chi connectivity index (χ4n) is 4.32. The maximum atomic E-state index is 12.5. The molecule has 126 valence electrons. The van der Waals surface area contributed by atoms with E-state index in [4.69, 9.17) is 22.1 Å². The summed E-state index contributed by atoms with van der Waals surface area (Å²) in [6.07, 6.45) is 5.97. The Morgan fingerprint density at radius 1 is 1.35 bits per heavy atom.